The number of nitrogens with one attached hydrogen (secondary N) is 2. The smallest absolute Gasteiger partial charge is 0.325 e. The highest BCUT2D eigenvalue weighted by molar-refractivity contribution is 6.09. The van der Waals surface area contributed by atoms with Gasteiger partial charge in [0.15, 0.2) is 0 Å². The van der Waals surface area contributed by atoms with Crippen molar-refractivity contribution < 1.29 is 14.4 Å². The summed E-state index contributed by atoms with van der Waals surface area (Å²) in [5.74, 6) is -0.319. The van der Waals surface area contributed by atoms with Gasteiger partial charge in [-0.1, -0.05) is 12.1 Å². The predicted molar refractivity (Wildman–Crippen MR) is 84.5 cm³/mol. The van der Waals surface area contributed by atoms with Gasteiger partial charge in [-0.15, -0.1) is 0 Å². The number of hydrogen-bond donors (Lipinski definition) is 2. The number of imide groups is 1. The highest BCUT2D eigenvalue weighted by atomic mass is 16.2. The number of carbonyl (C=O) groups is 3. The highest BCUT2D eigenvalue weighted by Crippen LogP contribution is 2.29. The number of amides is 4. The van der Waals surface area contributed by atoms with Crippen molar-refractivity contribution in [3.8, 4) is 6.07 Å². The van der Waals surface area contributed by atoms with Crippen molar-refractivity contribution in [1.29, 1.82) is 5.26 Å². The molecule has 1 saturated carbocycles. The molecule has 1 aromatic rings. The van der Waals surface area contributed by atoms with E-state index < -0.39 is 17.5 Å². The minimum Gasteiger partial charge on any atom is -0.354 e. The van der Waals surface area contributed by atoms with Crippen LogP contribution in [0.5, 0.6) is 0 Å². The molecule has 1 unspecified atom stereocenters. The predicted octanol–water partition coefficient (Wildman–Crippen LogP) is 0.851. The number of carbonyl (C=O) groups excluding carboxylic acids is 3. The number of benzene rings is 1. The molecular weight excluding hydrogens is 308 g/mol. The molecule has 3 rings (SSSR count). The number of nitriles is 1. The number of nitrogens with zero attached hydrogens (tertiary/aromatic N) is 2. The summed E-state index contributed by atoms with van der Waals surface area (Å²) >= 11 is 0. The van der Waals surface area contributed by atoms with Crippen molar-refractivity contribution in [2.75, 3.05) is 13.1 Å². The summed E-state index contributed by atoms with van der Waals surface area (Å²) in [6, 6.07) is 7.92. The van der Waals surface area contributed by atoms with Crippen LogP contribution in [0.15, 0.2) is 24.3 Å². The molecule has 0 radical (unpaired) electrons. The van der Waals surface area contributed by atoms with Crippen LogP contribution in [0.1, 0.15) is 30.9 Å². The molecule has 24 heavy (non-hydrogen) atoms. The third-order valence-corrected chi connectivity index (χ3v) is 4.43. The molecule has 2 N–H and O–H groups in total. The maximum atomic E-state index is 12.7. The Hall–Kier alpha value is -2.88. The zero-order valence-electron chi connectivity index (χ0n) is 13.3. The molecule has 2 aliphatic rings. The van der Waals surface area contributed by atoms with Gasteiger partial charge in [0.1, 0.15) is 12.1 Å². The first kappa shape index (κ1) is 16.0. The van der Waals surface area contributed by atoms with E-state index in [1.807, 2.05) is 6.07 Å². The fourth-order valence-corrected chi connectivity index (χ4v) is 2.72. The third kappa shape index (κ3) is 2.95. The lowest BCUT2D eigenvalue weighted by Gasteiger charge is -2.22. The summed E-state index contributed by atoms with van der Waals surface area (Å²) in [6.45, 7) is 1.86. The lowest BCUT2D eigenvalue weighted by Crippen LogP contribution is -2.43. The van der Waals surface area contributed by atoms with E-state index in [4.69, 9.17) is 5.26 Å². The van der Waals surface area contributed by atoms with E-state index in [1.165, 1.54) is 0 Å². The highest BCUT2D eigenvalue weighted by Gasteiger charge is 2.49. The van der Waals surface area contributed by atoms with Gasteiger partial charge in [0, 0.05) is 6.54 Å². The van der Waals surface area contributed by atoms with Gasteiger partial charge < -0.3 is 10.6 Å². The van der Waals surface area contributed by atoms with Crippen LogP contribution in [0.2, 0.25) is 0 Å². The van der Waals surface area contributed by atoms with Gasteiger partial charge in [-0.25, -0.2) is 4.79 Å². The molecule has 1 heterocycles. The van der Waals surface area contributed by atoms with Crippen molar-refractivity contribution in [1.82, 2.24) is 15.5 Å². The summed E-state index contributed by atoms with van der Waals surface area (Å²) < 4.78 is 0. The maximum absolute atomic E-state index is 12.7. The monoisotopic (exact) mass is 326 g/mol. The molecule has 124 valence electrons. The van der Waals surface area contributed by atoms with E-state index in [1.54, 1.807) is 31.2 Å². The van der Waals surface area contributed by atoms with Gasteiger partial charge in [-0.3, -0.25) is 14.5 Å². The molecule has 2 fully saturated rings. The van der Waals surface area contributed by atoms with Gasteiger partial charge >= 0.3 is 6.03 Å². The Morgan fingerprint density at radius 3 is 2.88 bits per heavy atom. The van der Waals surface area contributed by atoms with E-state index >= 15 is 0 Å². The Kier molecular flexibility index (Phi) is 3.97. The molecule has 1 aliphatic carbocycles. The molecule has 0 bridgehead atoms. The first-order valence-electron chi connectivity index (χ1n) is 7.85. The van der Waals surface area contributed by atoms with Crippen LogP contribution >= 0.6 is 0 Å². The Bertz CT molecular complexity index is 750. The molecular formula is C17H18N4O3. The fraction of sp³-hybridized carbons (Fsp3) is 0.412. The van der Waals surface area contributed by atoms with E-state index in [0.29, 0.717) is 23.6 Å². The fourth-order valence-electron chi connectivity index (χ4n) is 2.72. The van der Waals surface area contributed by atoms with Gasteiger partial charge in [-0.05, 0) is 43.4 Å². The van der Waals surface area contributed by atoms with Crippen molar-refractivity contribution in [2.24, 2.45) is 5.92 Å². The quantitative estimate of drug-likeness (QED) is 0.783. The number of hydrogen-bond acceptors (Lipinski definition) is 4. The maximum Gasteiger partial charge on any atom is 0.325 e. The normalized spacial score (nSPS) is 22.9. The second kappa shape index (κ2) is 5.96. The summed E-state index contributed by atoms with van der Waals surface area (Å²) in [5.41, 5.74) is -0.363. The molecule has 1 atom stereocenters. The molecule has 1 aromatic carbocycles. The second-order valence-electron chi connectivity index (χ2n) is 6.39. The van der Waals surface area contributed by atoms with Crippen LogP contribution in [0.4, 0.5) is 4.79 Å². The van der Waals surface area contributed by atoms with Crippen LogP contribution in [-0.2, 0) is 15.1 Å². The second-order valence-corrected chi connectivity index (χ2v) is 6.39. The van der Waals surface area contributed by atoms with Gasteiger partial charge in [0.2, 0.25) is 5.91 Å². The van der Waals surface area contributed by atoms with E-state index in [9.17, 15) is 14.4 Å². The summed E-state index contributed by atoms with van der Waals surface area (Å²) in [4.78, 5) is 37.7. The van der Waals surface area contributed by atoms with Gasteiger partial charge in [-0.2, -0.15) is 5.26 Å². The summed E-state index contributed by atoms with van der Waals surface area (Å²) in [6.07, 6.45) is 2.22. The summed E-state index contributed by atoms with van der Waals surface area (Å²) in [5, 5.41) is 14.4. The zero-order valence-corrected chi connectivity index (χ0v) is 13.3. The number of urea groups is 1. The Labute approximate surface area is 139 Å². The molecule has 1 saturated heterocycles. The van der Waals surface area contributed by atoms with Crippen LogP contribution in [0.25, 0.3) is 0 Å². The van der Waals surface area contributed by atoms with Crippen LogP contribution < -0.4 is 10.6 Å². The first-order valence-corrected chi connectivity index (χ1v) is 7.85. The van der Waals surface area contributed by atoms with E-state index in [2.05, 4.69) is 10.6 Å². The minimum absolute atomic E-state index is 0.301. The molecule has 7 heteroatoms. The minimum atomic E-state index is -1.28. The van der Waals surface area contributed by atoms with Crippen molar-refractivity contribution >= 4 is 17.8 Å². The van der Waals surface area contributed by atoms with Crippen molar-refractivity contribution in [3.63, 3.8) is 0 Å². The van der Waals surface area contributed by atoms with Crippen LogP contribution in [0.3, 0.4) is 0 Å². The molecule has 0 spiro atoms. The Morgan fingerprint density at radius 2 is 2.21 bits per heavy atom. The molecule has 0 aromatic heterocycles. The topological polar surface area (TPSA) is 102 Å². The first-order chi connectivity index (χ1) is 11.4. The largest absolute Gasteiger partial charge is 0.354 e. The van der Waals surface area contributed by atoms with Crippen LogP contribution in [0, 0.1) is 17.2 Å². The van der Waals surface area contributed by atoms with Gasteiger partial charge in [0.25, 0.3) is 5.91 Å². The Balaban J connectivity index is 1.74. The molecule has 7 nitrogen and oxygen atoms in total. The molecule has 1 aliphatic heterocycles. The zero-order chi connectivity index (χ0) is 17.3. The standard InChI is InChI=1S/C17H18N4O3/c1-17(13-4-2-3-12(7-13)8-18)15(23)21(16(24)20-17)10-14(22)19-9-11-5-6-11/h2-4,7,11H,5-6,9-10H2,1H3,(H,19,22)(H,20,24). The lowest BCUT2D eigenvalue weighted by molar-refractivity contribution is -0.134. The number of rotatable bonds is 5. The van der Waals surface area contributed by atoms with E-state index in [0.717, 1.165) is 17.7 Å². The van der Waals surface area contributed by atoms with Crippen molar-refractivity contribution in [2.45, 2.75) is 25.3 Å². The lowest BCUT2D eigenvalue weighted by atomic mass is 9.91. The SMILES string of the molecule is CC1(c2cccc(C#N)c2)NC(=O)N(CC(=O)NCC2CC2)C1=O. The summed E-state index contributed by atoms with van der Waals surface area (Å²) in [7, 11) is 0. The Morgan fingerprint density at radius 1 is 1.46 bits per heavy atom. The van der Waals surface area contributed by atoms with Gasteiger partial charge in [0.05, 0.1) is 11.6 Å². The van der Waals surface area contributed by atoms with Crippen LogP contribution in [-0.4, -0.2) is 35.8 Å². The average molecular weight is 326 g/mol. The average Bonchev–Trinajstić information content (AvgIpc) is 3.38. The molecule has 4 amide bonds. The van der Waals surface area contributed by atoms with Crippen molar-refractivity contribution in [3.05, 3.63) is 35.4 Å². The third-order valence-electron chi connectivity index (χ3n) is 4.43. The van der Waals surface area contributed by atoms with E-state index in [-0.39, 0.29) is 12.5 Å².